The number of hydrogen-bond donors (Lipinski definition) is 2. The number of benzene rings is 1. The van der Waals surface area contributed by atoms with Crippen molar-refractivity contribution in [3.63, 3.8) is 0 Å². The molecule has 0 bridgehead atoms. The van der Waals surface area contributed by atoms with Crippen LogP contribution in [0.2, 0.25) is 0 Å². The van der Waals surface area contributed by atoms with Crippen molar-refractivity contribution in [3.8, 4) is 0 Å². The van der Waals surface area contributed by atoms with E-state index in [0.29, 0.717) is 18.5 Å². The first-order chi connectivity index (χ1) is 8.17. The molecular formula is C14H24N2S. The van der Waals surface area contributed by atoms with Crippen LogP contribution in [0.3, 0.4) is 0 Å². The van der Waals surface area contributed by atoms with Gasteiger partial charge in [-0.3, -0.25) is 0 Å². The van der Waals surface area contributed by atoms with E-state index >= 15 is 0 Å². The normalized spacial score (nSPS) is 13.0. The molecule has 1 aromatic rings. The lowest BCUT2D eigenvalue weighted by atomic mass is 10.0. The molecule has 0 saturated heterocycles. The molecule has 3 N–H and O–H groups in total. The highest BCUT2D eigenvalue weighted by atomic mass is 32.2. The lowest BCUT2D eigenvalue weighted by Crippen LogP contribution is -2.41. The highest BCUT2D eigenvalue weighted by Crippen LogP contribution is 2.14. The number of thioether (sulfide) groups is 1. The molecule has 0 spiro atoms. The van der Waals surface area contributed by atoms with Gasteiger partial charge in [0.25, 0.3) is 0 Å². The molecule has 0 fully saturated rings. The average Bonchev–Trinajstić information content (AvgIpc) is 2.35. The maximum Gasteiger partial charge on any atom is 0.0213 e. The molecule has 0 aliphatic rings. The SMILES string of the molecule is CSc1ccc(CCNC(CN)C(C)C)cc1. The Morgan fingerprint density at radius 1 is 1.24 bits per heavy atom. The van der Waals surface area contributed by atoms with Crippen LogP contribution in [0.5, 0.6) is 0 Å². The van der Waals surface area contributed by atoms with Gasteiger partial charge in [0, 0.05) is 17.5 Å². The highest BCUT2D eigenvalue weighted by molar-refractivity contribution is 7.98. The zero-order valence-electron chi connectivity index (χ0n) is 11.1. The van der Waals surface area contributed by atoms with Gasteiger partial charge in [-0.25, -0.2) is 0 Å². The minimum absolute atomic E-state index is 0.431. The van der Waals surface area contributed by atoms with E-state index in [4.69, 9.17) is 5.73 Å². The minimum Gasteiger partial charge on any atom is -0.329 e. The molecule has 0 aromatic heterocycles. The molecule has 96 valence electrons. The predicted molar refractivity (Wildman–Crippen MR) is 77.6 cm³/mol. The van der Waals surface area contributed by atoms with Gasteiger partial charge in [0.2, 0.25) is 0 Å². The molecule has 0 heterocycles. The van der Waals surface area contributed by atoms with Crippen molar-refractivity contribution < 1.29 is 0 Å². The molecule has 1 atom stereocenters. The second-order valence-corrected chi connectivity index (χ2v) is 5.52. The number of nitrogens with two attached hydrogens (primary N) is 1. The highest BCUT2D eigenvalue weighted by Gasteiger charge is 2.09. The maximum absolute atomic E-state index is 5.73. The Balaban J connectivity index is 2.34. The van der Waals surface area contributed by atoms with Gasteiger partial charge in [-0.1, -0.05) is 26.0 Å². The maximum atomic E-state index is 5.73. The van der Waals surface area contributed by atoms with Crippen LogP contribution in [-0.4, -0.2) is 25.4 Å². The minimum atomic E-state index is 0.431. The number of nitrogens with one attached hydrogen (secondary N) is 1. The summed E-state index contributed by atoms with van der Waals surface area (Å²) in [5, 5.41) is 3.52. The van der Waals surface area contributed by atoms with E-state index in [0.717, 1.165) is 13.0 Å². The third kappa shape index (κ3) is 5.11. The van der Waals surface area contributed by atoms with Gasteiger partial charge in [0.05, 0.1) is 0 Å². The molecular weight excluding hydrogens is 228 g/mol. The fourth-order valence-corrected chi connectivity index (χ4v) is 2.19. The van der Waals surface area contributed by atoms with E-state index in [1.54, 1.807) is 11.8 Å². The van der Waals surface area contributed by atoms with Crippen molar-refractivity contribution in [1.29, 1.82) is 0 Å². The Hall–Kier alpha value is -0.510. The van der Waals surface area contributed by atoms with Crippen molar-refractivity contribution >= 4 is 11.8 Å². The van der Waals surface area contributed by atoms with Gasteiger partial charge >= 0.3 is 0 Å². The van der Waals surface area contributed by atoms with Crippen LogP contribution in [0.1, 0.15) is 19.4 Å². The summed E-state index contributed by atoms with van der Waals surface area (Å²) in [7, 11) is 0. The van der Waals surface area contributed by atoms with Crippen molar-refractivity contribution in [3.05, 3.63) is 29.8 Å². The largest absolute Gasteiger partial charge is 0.329 e. The van der Waals surface area contributed by atoms with Crippen LogP contribution in [-0.2, 0) is 6.42 Å². The summed E-state index contributed by atoms with van der Waals surface area (Å²) in [5.41, 5.74) is 7.11. The fraction of sp³-hybridized carbons (Fsp3) is 0.571. The standard InChI is InChI=1S/C14H24N2S/c1-11(2)14(10-15)16-9-8-12-4-6-13(17-3)7-5-12/h4-7,11,14,16H,8-10,15H2,1-3H3. The number of hydrogen-bond acceptors (Lipinski definition) is 3. The Labute approximate surface area is 109 Å². The molecule has 0 saturated carbocycles. The zero-order valence-corrected chi connectivity index (χ0v) is 11.9. The van der Waals surface area contributed by atoms with E-state index in [1.165, 1.54) is 10.5 Å². The van der Waals surface area contributed by atoms with E-state index < -0.39 is 0 Å². The third-order valence-electron chi connectivity index (χ3n) is 3.04. The predicted octanol–water partition coefficient (Wildman–Crippen LogP) is 2.52. The molecule has 1 unspecified atom stereocenters. The van der Waals surface area contributed by atoms with E-state index in [-0.39, 0.29) is 0 Å². The first-order valence-corrected chi connectivity index (χ1v) is 7.46. The zero-order chi connectivity index (χ0) is 12.7. The van der Waals surface area contributed by atoms with Crippen molar-refractivity contribution in [2.75, 3.05) is 19.3 Å². The third-order valence-corrected chi connectivity index (χ3v) is 3.78. The van der Waals surface area contributed by atoms with Crippen LogP contribution in [0.4, 0.5) is 0 Å². The summed E-state index contributed by atoms with van der Waals surface area (Å²) in [6.07, 6.45) is 3.17. The van der Waals surface area contributed by atoms with Crippen molar-refractivity contribution in [2.24, 2.45) is 11.7 Å². The van der Waals surface area contributed by atoms with Crippen molar-refractivity contribution in [2.45, 2.75) is 31.2 Å². The number of rotatable bonds is 7. The van der Waals surface area contributed by atoms with Gasteiger partial charge in [-0.15, -0.1) is 11.8 Å². The molecule has 3 heteroatoms. The van der Waals surface area contributed by atoms with E-state index in [1.807, 2.05) is 0 Å². The molecule has 0 amide bonds. The summed E-state index contributed by atoms with van der Waals surface area (Å²) in [5.74, 6) is 0.596. The monoisotopic (exact) mass is 252 g/mol. The van der Waals surface area contributed by atoms with Gasteiger partial charge < -0.3 is 11.1 Å². The van der Waals surface area contributed by atoms with Gasteiger partial charge in [-0.05, 0) is 42.8 Å². The smallest absolute Gasteiger partial charge is 0.0213 e. The summed E-state index contributed by atoms with van der Waals surface area (Å²) in [4.78, 5) is 1.32. The first-order valence-electron chi connectivity index (χ1n) is 6.23. The van der Waals surface area contributed by atoms with Crippen LogP contribution in [0, 0.1) is 5.92 Å². The molecule has 0 radical (unpaired) electrons. The van der Waals surface area contributed by atoms with Gasteiger partial charge in [0.15, 0.2) is 0 Å². The van der Waals surface area contributed by atoms with Crippen LogP contribution in [0.25, 0.3) is 0 Å². The summed E-state index contributed by atoms with van der Waals surface area (Å²) < 4.78 is 0. The lowest BCUT2D eigenvalue weighted by Gasteiger charge is -2.20. The first kappa shape index (κ1) is 14.6. The van der Waals surface area contributed by atoms with E-state index in [9.17, 15) is 0 Å². The van der Waals surface area contributed by atoms with Gasteiger partial charge in [0.1, 0.15) is 0 Å². The Morgan fingerprint density at radius 3 is 2.35 bits per heavy atom. The summed E-state index contributed by atoms with van der Waals surface area (Å²) in [6.45, 7) is 6.12. The van der Waals surface area contributed by atoms with Crippen molar-refractivity contribution in [1.82, 2.24) is 5.32 Å². The molecule has 2 nitrogen and oxygen atoms in total. The second-order valence-electron chi connectivity index (χ2n) is 4.64. The second kappa shape index (κ2) is 7.75. The lowest BCUT2D eigenvalue weighted by molar-refractivity contribution is 0.409. The van der Waals surface area contributed by atoms with Crippen LogP contribution in [0.15, 0.2) is 29.2 Å². The topological polar surface area (TPSA) is 38.0 Å². The van der Waals surface area contributed by atoms with Crippen LogP contribution >= 0.6 is 11.8 Å². The molecule has 17 heavy (non-hydrogen) atoms. The summed E-state index contributed by atoms with van der Waals surface area (Å²) >= 11 is 1.78. The molecule has 1 aromatic carbocycles. The Kier molecular flexibility index (Phi) is 6.63. The molecule has 0 aliphatic heterocycles. The fourth-order valence-electron chi connectivity index (χ4n) is 1.79. The van der Waals surface area contributed by atoms with Crippen LogP contribution < -0.4 is 11.1 Å². The quantitative estimate of drug-likeness (QED) is 0.732. The molecule has 0 aliphatic carbocycles. The summed E-state index contributed by atoms with van der Waals surface area (Å²) in [6, 6.07) is 9.22. The molecule has 1 rings (SSSR count). The Bertz CT molecular complexity index is 309. The average molecular weight is 252 g/mol. The van der Waals surface area contributed by atoms with Gasteiger partial charge in [-0.2, -0.15) is 0 Å². The Morgan fingerprint density at radius 2 is 1.88 bits per heavy atom. The van der Waals surface area contributed by atoms with E-state index in [2.05, 4.69) is 49.7 Å².